The van der Waals surface area contributed by atoms with Crippen LogP contribution < -0.4 is 14.8 Å². The zero-order valence-electron chi connectivity index (χ0n) is 20.1. The number of nitrogens with zero attached hydrogens (tertiary/aromatic N) is 2. The van der Waals surface area contributed by atoms with Gasteiger partial charge in [-0.15, -0.1) is 11.3 Å². The van der Waals surface area contributed by atoms with E-state index in [0.29, 0.717) is 45.9 Å². The lowest BCUT2D eigenvalue weighted by atomic mass is 9.96. The van der Waals surface area contributed by atoms with Crippen LogP contribution in [0.1, 0.15) is 46.9 Å². The molecule has 1 amide bonds. The number of fused-ring (bicyclic) bond motifs is 1. The van der Waals surface area contributed by atoms with Gasteiger partial charge in [0.15, 0.2) is 11.5 Å². The molecule has 1 heterocycles. The summed E-state index contributed by atoms with van der Waals surface area (Å²) in [7, 11) is 0. The summed E-state index contributed by atoms with van der Waals surface area (Å²) in [6.45, 7) is 2.63. The van der Waals surface area contributed by atoms with Crippen molar-refractivity contribution in [3.8, 4) is 23.6 Å². The van der Waals surface area contributed by atoms with Crippen LogP contribution in [-0.4, -0.2) is 12.5 Å². The first kappa shape index (κ1) is 27.0. The number of hydrogen-bond donors (Lipinski definition) is 1. The molecule has 0 bridgehead atoms. The van der Waals surface area contributed by atoms with Crippen molar-refractivity contribution in [2.45, 2.75) is 39.2 Å². The molecule has 6 nitrogen and oxygen atoms in total. The van der Waals surface area contributed by atoms with Gasteiger partial charge in [-0.1, -0.05) is 23.7 Å². The standard InChI is InChI=1S/C28H23ClIN3O3S/c1-2-35-24-13-18(12-23(30)26(24)36-16-17-7-9-20(29)10-8-17)11-19(14-31)27(34)33-28-22(15-32)21-5-3-4-6-25(21)37-28/h7-13H,2-6,16H2,1H3,(H,33,34)/b19-11+. The van der Waals surface area contributed by atoms with E-state index >= 15 is 0 Å². The van der Waals surface area contributed by atoms with Gasteiger partial charge < -0.3 is 14.8 Å². The summed E-state index contributed by atoms with van der Waals surface area (Å²) in [6, 6.07) is 15.2. The third-order valence-corrected chi connectivity index (χ3v) is 8.07. The largest absolute Gasteiger partial charge is 0.490 e. The lowest BCUT2D eigenvalue weighted by molar-refractivity contribution is -0.112. The normalized spacial score (nSPS) is 12.7. The number of halogens is 2. The molecule has 1 aliphatic carbocycles. The van der Waals surface area contributed by atoms with E-state index in [9.17, 15) is 15.3 Å². The number of carbonyl (C=O) groups is 1. The van der Waals surface area contributed by atoms with E-state index in [1.807, 2.05) is 43.3 Å². The molecule has 1 aliphatic rings. The predicted octanol–water partition coefficient (Wildman–Crippen LogP) is 7.28. The Balaban J connectivity index is 1.57. The van der Waals surface area contributed by atoms with Crippen molar-refractivity contribution in [1.82, 2.24) is 0 Å². The van der Waals surface area contributed by atoms with Crippen molar-refractivity contribution >= 4 is 62.5 Å². The number of benzene rings is 2. The smallest absolute Gasteiger partial charge is 0.266 e. The second-order valence-corrected chi connectivity index (χ2v) is 11.0. The quantitative estimate of drug-likeness (QED) is 0.158. The highest BCUT2D eigenvalue weighted by Gasteiger charge is 2.23. The van der Waals surface area contributed by atoms with Crippen LogP contribution in [0.25, 0.3) is 6.08 Å². The summed E-state index contributed by atoms with van der Waals surface area (Å²) in [5, 5.41) is 23.4. The number of hydrogen-bond acceptors (Lipinski definition) is 6. The lowest BCUT2D eigenvalue weighted by Crippen LogP contribution is -2.13. The van der Waals surface area contributed by atoms with E-state index in [1.54, 1.807) is 6.07 Å². The Morgan fingerprint density at radius 2 is 1.95 bits per heavy atom. The molecule has 0 saturated carbocycles. The number of amides is 1. The topological polar surface area (TPSA) is 95.1 Å². The van der Waals surface area contributed by atoms with Gasteiger partial charge >= 0.3 is 0 Å². The van der Waals surface area contributed by atoms with E-state index < -0.39 is 5.91 Å². The van der Waals surface area contributed by atoms with Crippen LogP contribution in [0.5, 0.6) is 11.5 Å². The summed E-state index contributed by atoms with van der Waals surface area (Å²) in [5.41, 5.74) is 3.07. The monoisotopic (exact) mass is 643 g/mol. The first-order valence-corrected chi connectivity index (χ1v) is 14.0. The van der Waals surface area contributed by atoms with Crippen molar-refractivity contribution in [1.29, 1.82) is 10.5 Å². The van der Waals surface area contributed by atoms with Gasteiger partial charge in [0, 0.05) is 9.90 Å². The number of nitriles is 2. The van der Waals surface area contributed by atoms with Gasteiger partial charge in [-0.05, 0) is 102 Å². The van der Waals surface area contributed by atoms with Crippen LogP contribution in [-0.2, 0) is 24.2 Å². The summed E-state index contributed by atoms with van der Waals surface area (Å²) >= 11 is 9.55. The molecule has 0 radical (unpaired) electrons. The molecule has 1 N–H and O–H groups in total. The van der Waals surface area contributed by atoms with Gasteiger partial charge in [-0.25, -0.2) is 0 Å². The maximum atomic E-state index is 13.0. The summed E-state index contributed by atoms with van der Waals surface area (Å²) < 4.78 is 12.6. The van der Waals surface area contributed by atoms with Crippen molar-refractivity contribution < 1.29 is 14.3 Å². The van der Waals surface area contributed by atoms with Crippen LogP contribution >= 0.6 is 45.5 Å². The predicted molar refractivity (Wildman–Crippen MR) is 154 cm³/mol. The van der Waals surface area contributed by atoms with Crippen LogP contribution in [0.2, 0.25) is 5.02 Å². The van der Waals surface area contributed by atoms with E-state index in [4.69, 9.17) is 21.1 Å². The molecule has 0 atom stereocenters. The Kier molecular flexibility index (Phi) is 9.09. The fourth-order valence-electron chi connectivity index (χ4n) is 4.07. The second-order valence-electron chi connectivity index (χ2n) is 8.33. The fraction of sp³-hybridized carbons (Fsp3) is 0.250. The minimum Gasteiger partial charge on any atom is -0.490 e. The molecule has 4 rings (SSSR count). The van der Waals surface area contributed by atoms with E-state index in [-0.39, 0.29) is 5.57 Å². The minimum absolute atomic E-state index is 0.0663. The Labute approximate surface area is 238 Å². The van der Waals surface area contributed by atoms with Gasteiger partial charge in [0.25, 0.3) is 5.91 Å². The van der Waals surface area contributed by atoms with Crippen LogP contribution in [0, 0.1) is 26.2 Å². The van der Waals surface area contributed by atoms with Crippen molar-refractivity contribution in [3.63, 3.8) is 0 Å². The van der Waals surface area contributed by atoms with Gasteiger partial charge in [0.05, 0.1) is 15.7 Å². The number of thiophene rings is 1. The minimum atomic E-state index is -0.548. The van der Waals surface area contributed by atoms with Gasteiger partial charge in [-0.3, -0.25) is 4.79 Å². The SMILES string of the molecule is CCOc1cc(/C=C(\C#N)C(=O)Nc2sc3c(c2C#N)CCCC3)cc(I)c1OCc1ccc(Cl)cc1. The second kappa shape index (κ2) is 12.5. The Morgan fingerprint density at radius 3 is 2.65 bits per heavy atom. The third kappa shape index (κ3) is 6.45. The molecule has 3 aromatic rings. The molecule has 0 spiro atoms. The maximum Gasteiger partial charge on any atom is 0.266 e. The average Bonchev–Trinajstić information content (AvgIpc) is 3.24. The van der Waals surface area contributed by atoms with Crippen molar-refractivity contribution in [2.75, 3.05) is 11.9 Å². The lowest BCUT2D eigenvalue weighted by Gasteiger charge is -2.15. The molecule has 1 aromatic heterocycles. The Bertz CT molecular complexity index is 1430. The molecule has 37 heavy (non-hydrogen) atoms. The molecule has 0 aliphatic heterocycles. The first-order chi connectivity index (χ1) is 17.9. The zero-order chi connectivity index (χ0) is 26.4. The van der Waals surface area contributed by atoms with Crippen LogP contribution in [0.3, 0.4) is 0 Å². The third-order valence-electron chi connectivity index (χ3n) is 5.81. The van der Waals surface area contributed by atoms with Crippen LogP contribution in [0.15, 0.2) is 42.0 Å². The molecular weight excluding hydrogens is 621 g/mol. The molecule has 188 valence electrons. The molecular formula is C28H23ClIN3O3S. The molecule has 0 fully saturated rings. The maximum absolute atomic E-state index is 13.0. The summed E-state index contributed by atoms with van der Waals surface area (Å²) in [5.74, 6) is 0.555. The van der Waals surface area contributed by atoms with Crippen molar-refractivity contribution in [3.05, 3.63) is 77.7 Å². The highest BCUT2D eigenvalue weighted by Crippen LogP contribution is 2.38. The summed E-state index contributed by atoms with van der Waals surface area (Å²) in [6.07, 6.45) is 5.39. The molecule has 0 saturated heterocycles. The number of anilines is 1. The molecule has 9 heteroatoms. The zero-order valence-corrected chi connectivity index (χ0v) is 23.8. The fourth-order valence-corrected chi connectivity index (χ4v) is 6.21. The Morgan fingerprint density at radius 1 is 1.19 bits per heavy atom. The number of nitrogens with one attached hydrogen (secondary N) is 1. The number of aryl methyl sites for hydroxylation is 1. The van der Waals surface area contributed by atoms with Gasteiger partial charge in [0.2, 0.25) is 0 Å². The number of ether oxygens (including phenoxy) is 2. The number of carbonyl (C=O) groups excluding carboxylic acids is 1. The highest BCUT2D eigenvalue weighted by atomic mass is 127. The van der Waals surface area contributed by atoms with E-state index in [2.05, 4.69) is 34.0 Å². The first-order valence-electron chi connectivity index (χ1n) is 11.7. The van der Waals surface area contributed by atoms with Crippen molar-refractivity contribution in [2.24, 2.45) is 0 Å². The van der Waals surface area contributed by atoms with Crippen LogP contribution in [0.4, 0.5) is 5.00 Å². The molecule has 2 aromatic carbocycles. The van der Waals surface area contributed by atoms with E-state index in [1.165, 1.54) is 17.4 Å². The Hall–Kier alpha value is -3.05. The van der Waals surface area contributed by atoms with Gasteiger partial charge in [0.1, 0.15) is 29.3 Å². The number of rotatable bonds is 8. The van der Waals surface area contributed by atoms with E-state index in [0.717, 1.165) is 45.3 Å². The average molecular weight is 644 g/mol. The molecule has 0 unspecified atom stereocenters. The highest BCUT2D eigenvalue weighted by molar-refractivity contribution is 14.1. The van der Waals surface area contributed by atoms with Gasteiger partial charge in [-0.2, -0.15) is 10.5 Å². The summed E-state index contributed by atoms with van der Waals surface area (Å²) in [4.78, 5) is 14.1.